The van der Waals surface area contributed by atoms with E-state index in [9.17, 15) is 4.79 Å². The molecular formula is C11H18N4O. The molecule has 5 heteroatoms. The van der Waals surface area contributed by atoms with Crippen molar-refractivity contribution in [1.82, 2.24) is 10.3 Å². The highest BCUT2D eigenvalue weighted by Gasteiger charge is 1.99. The zero-order valence-electron chi connectivity index (χ0n) is 9.71. The smallest absolute Gasteiger partial charge is 0.239 e. The van der Waals surface area contributed by atoms with E-state index in [-0.39, 0.29) is 12.5 Å². The molecule has 1 aromatic heterocycles. The third-order valence-corrected chi connectivity index (χ3v) is 2.01. The predicted octanol–water partition coefficient (Wildman–Crippen LogP) is 1.06. The van der Waals surface area contributed by atoms with Gasteiger partial charge in [0.25, 0.3) is 0 Å². The van der Waals surface area contributed by atoms with Gasteiger partial charge in [-0.25, -0.2) is 4.98 Å². The molecule has 0 bridgehead atoms. The van der Waals surface area contributed by atoms with Crippen molar-refractivity contribution in [3.63, 3.8) is 0 Å². The number of anilines is 2. The Hall–Kier alpha value is -1.78. The SMILES string of the molecule is CCCNc1cccc(NCC(=O)NC)n1. The van der Waals surface area contributed by atoms with E-state index in [1.165, 1.54) is 0 Å². The Balaban J connectivity index is 2.50. The monoisotopic (exact) mass is 222 g/mol. The fraction of sp³-hybridized carbons (Fsp3) is 0.455. The Morgan fingerprint density at radius 1 is 1.31 bits per heavy atom. The van der Waals surface area contributed by atoms with Gasteiger partial charge in [-0.05, 0) is 18.6 Å². The summed E-state index contributed by atoms with van der Waals surface area (Å²) >= 11 is 0. The van der Waals surface area contributed by atoms with Crippen molar-refractivity contribution in [3.05, 3.63) is 18.2 Å². The molecule has 88 valence electrons. The van der Waals surface area contributed by atoms with Crippen molar-refractivity contribution in [2.24, 2.45) is 0 Å². The zero-order chi connectivity index (χ0) is 11.8. The summed E-state index contributed by atoms with van der Waals surface area (Å²) in [7, 11) is 1.61. The highest BCUT2D eigenvalue weighted by molar-refractivity contribution is 5.80. The van der Waals surface area contributed by atoms with Crippen LogP contribution < -0.4 is 16.0 Å². The number of hydrogen-bond acceptors (Lipinski definition) is 4. The molecule has 0 saturated carbocycles. The van der Waals surface area contributed by atoms with E-state index in [4.69, 9.17) is 0 Å². The van der Waals surface area contributed by atoms with Crippen molar-refractivity contribution < 1.29 is 4.79 Å². The van der Waals surface area contributed by atoms with E-state index in [1.54, 1.807) is 7.05 Å². The van der Waals surface area contributed by atoms with Gasteiger partial charge in [0.15, 0.2) is 0 Å². The molecule has 1 heterocycles. The minimum atomic E-state index is -0.0614. The lowest BCUT2D eigenvalue weighted by molar-refractivity contribution is -0.118. The third kappa shape index (κ3) is 4.16. The topological polar surface area (TPSA) is 66.0 Å². The van der Waals surface area contributed by atoms with Gasteiger partial charge in [0, 0.05) is 13.6 Å². The maximum atomic E-state index is 11.0. The number of hydrogen-bond donors (Lipinski definition) is 3. The molecule has 0 atom stereocenters. The summed E-state index contributed by atoms with van der Waals surface area (Å²) < 4.78 is 0. The van der Waals surface area contributed by atoms with Gasteiger partial charge in [-0.3, -0.25) is 4.79 Å². The lowest BCUT2D eigenvalue weighted by Gasteiger charge is -2.07. The largest absolute Gasteiger partial charge is 0.370 e. The summed E-state index contributed by atoms with van der Waals surface area (Å²) in [5, 5.41) is 8.67. The first-order valence-electron chi connectivity index (χ1n) is 5.41. The van der Waals surface area contributed by atoms with Gasteiger partial charge in [-0.2, -0.15) is 0 Å². The second-order valence-electron chi connectivity index (χ2n) is 3.36. The first-order valence-corrected chi connectivity index (χ1v) is 5.41. The molecule has 1 aromatic rings. The van der Waals surface area contributed by atoms with Crippen molar-refractivity contribution in [2.45, 2.75) is 13.3 Å². The van der Waals surface area contributed by atoms with Crippen molar-refractivity contribution in [1.29, 1.82) is 0 Å². The number of pyridine rings is 1. The molecule has 3 N–H and O–H groups in total. The number of nitrogens with one attached hydrogen (secondary N) is 3. The number of rotatable bonds is 6. The summed E-state index contributed by atoms with van der Waals surface area (Å²) in [6.45, 7) is 3.23. The number of carbonyl (C=O) groups is 1. The lowest BCUT2D eigenvalue weighted by atomic mass is 10.4. The molecule has 0 aliphatic heterocycles. The summed E-state index contributed by atoms with van der Waals surface area (Å²) in [6.07, 6.45) is 1.05. The maximum Gasteiger partial charge on any atom is 0.239 e. The maximum absolute atomic E-state index is 11.0. The van der Waals surface area contributed by atoms with Gasteiger partial charge >= 0.3 is 0 Å². The Morgan fingerprint density at radius 3 is 2.62 bits per heavy atom. The fourth-order valence-corrected chi connectivity index (χ4v) is 1.14. The van der Waals surface area contributed by atoms with Crippen molar-refractivity contribution >= 4 is 17.5 Å². The molecule has 1 amide bonds. The standard InChI is InChI=1S/C11H18N4O/c1-3-7-13-9-5-4-6-10(15-9)14-8-11(16)12-2/h4-6H,3,7-8H2,1-2H3,(H,12,16)(H2,13,14,15). The van der Waals surface area contributed by atoms with Gasteiger partial charge in [0.1, 0.15) is 11.6 Å². The second-order valence-corrected chi connectivity index (χ2v) is 3.36. The van der Waals surface area contributed by atoms with Crippen LogP contribution in [0, 0.1) is 0 Å². The number of likely N-dealkylation sites (N-methyl/N-ethyl adjacent to an activating group) is 1. The number of nitrogens with zero attached hydrogens (tertiary/aromatic N) is 1. The minimum Gasteiger partial charge on any atom is -0.370 e. The molecule has 0 fully saturated rings. The van der Waals surface area contributed by atoms with E-state index in [0.29, 0.717) is 5.82 Å². The molecular weight excluding hydrogens is 204 g/mol. The first-order chi connectivity index (χ1) is 7.76. The van der Waals surface area contributed by atoms with Crippen molar-refractivity contribution in [3.8, 4) is 0 Å². The summed E-state index contributed by atoms with van der Waals surface area (Å²) in [5.74, 6) is 1.46. The van der Waals surface area contributed by atoms with Crippen LogP contribution in [0.3, 0.4) is 0 Å². The average molecular weight is 222 g/mol. The van der Waals surface area contributed by atoms with Gasteiger partial charge in [-0.15, -0.1) is 0 Å². The van der Waals surface area contributed by atoms with Crippen LogP contribution >= 0.6 is 0 Å². The highest BCUT2D eigenvalue weighted by Crippen LogP contribution is 2.08. The first kappa shape index (κ1) is 12.3. The Morgan fingerprint density at radius 2 is 2.00 bits per heavy atom. The number of aromatic nitrogens is 1. The predicted molar refractivity (Wildman–Crippen MR) is 65.6 cm³/mol. The van der Waals surface area contributed by atoms with Crippen LogP contribution in [-0.4, -0.2) is 31.0 Å². The lowest BCUT2D eigenvalue weighted by Crippen LogP contribution is -2.26. The fourth-order valence-electron chi connectivity index (χ4n) is 1.14. The van der Waals surface area contributed by atoms with Crippen LogP contribution in [0.25, 0.3) is 0 Å². The third-order valence-electron chi connectivity index (χ3n) is 2.01. The number of amides is 1. The Bertz CT molecular complexity index is 341. The van der Waals surface area contributed by atoms with Gasteiger partial charge in [-0.1, -0.05) is 13.0 Å². The van der Waals surface area contributed by atoms with Gasteiger partial charge in [0.2, 0.25) is 5.91 Å². The molecule has 0 aromatic carbocycles. The number of carbonyl (C=O) groups excluding carboxylic acids is 1. The van der Waals surface area contributed by atoms with E-state index in [1.807, 2.05) is 18.2 Å². The Labute approximate surface area is 95.7 Å². The summed E-state index contributed by atoms with van der Waals surface area (Å²) in [4.78, 5) is 15.3. The quantitative estimate of drug-likeness (QED) is 0.673. The van der Waals surface area contributed by atoms with Crippen LogP contribution in [0.5, 0.6) is 0 Å². The average Bonchev–Trinajstić information content (AvgIpc) is 2.34. The molecule has 16 heavy (non-hydrogen) atoms. The van der Waals surface area contributed by atoms with Crippen molar-refractivity contribution in [2.75, 3.05) is 30.8 Å². The van der Waals surface area contributed by atoms with Crippen LogP contribution in [0.2, 0.25) is 0 Å². The molecule has 0 aliphatic carbocycles. The van der Waals surface area contributed by atoms with E-state index >= 15 is 0 Å². The summed E-state index contributed by atoms with van der Waals surface area (Å²) in [6, 6.07) is 5.64. The molecule has 0 unspecified atom stereocenters. The molecule has 0 aliphatic rings. The highest BCUT2D eigenvalue weighted by atomic mass is 16.1. The molecule has 0 spiro atoms. The molecule has 5 nitrogen and oxygen atoms in total. The second kappa shape index (κ2) is 6.66. The molecule has 0 radical (unpaired) electrons. The summed E-state index contributed by atoms with van der Waals surface area (Å²) in [5.41, 5.74) is 0. The van der Waals surface area contributed by atoms with E-state index < -0.39 is 0 Å². The Kier molecular flexibility index (Phi) is 5.11. The van der Waals surface area contributed by atoms with Crippen LogP contribution in [-0.2, 0) is 4.79 Å². The van der Waals surface area contributed by atoms with Crippen LogP contribution in [0.4, 0.5) is 11.6 Å². The van der Waals surface area contributed by atoms with Gasteiger partial charge < -0.3 is 16.0 Å². The minimum absolute atomic E-state index is 0.0614. The molecule has 0 saturated heterocycles. The normalized spacial score (nSPS) is 9.62. The van der Waals surface area contributed by atoms with Crippen LogP contribution in [0.15, 0.2) is 18.2 Å². The molecule has 1 rings (SSSR count). The zero-order valence-corrected chi connectivity index (χ0v) is 9.71. The van der Waals surface area contributed by atoms with E-state index in [2.05, 4.69) is 27.9 Å². The van der Waals surface area contributed by atoms with E-state index in [0.717, 1.165) is 18.8 Å². The van der Waals surface area contributed by atoms with Gasteiger partial charge in [0.05, 0.1) is 6.54 Å². The van der Waals surface area contributed by atoms with Crippen LogP contribution in [0.1, 0.15) is 13.3 Å².